The Hall–Kier alpha value is -3.02. The predicted molar refractivity (Wildman–Crippen MR) is 103 cm³/mol. The molecule has 4 rings (SSSR count). The van der Waals surface area contributed by atoms with E-state index in [1.807, 2.05) is 47.4 Å². The van der Waals surface area contributed by atoms with Gasteiger partial charge in [-0.25, -0.2) is 0 Å². The van der Waals surface area contributed by atoms with Crippen LogP contribution in [0.1, 0.15) is 23.2 Å². The Morgan fingerprint density at radius 1 is 1.07 bits per heavy atom. The highest BCUT2D eigenvalue weighted by molar-refractivity contribution is 5.96. The van der Waals surface area contributed by atoms with Gasteiger partial charge in [-0.15, -0.1) is 0 Å². The van der Waals surface area contributed by atoms with Gasteiger partial charge in [0.1, 0.15) is 11.3 Å². The minimum atomic E-state index is -0.577. The summed E-state index contributed by atoms with van der Waals surface area (Å²) in [6.45, 7) is 1.60. The molecule has 1 spiro atoms. The first-order valence-corrected chi connectivity index (χ1v) is 9.18. The molecule has 2 fully saturated rings. The lowest BCUT2D eigenvalue weighted by atomic mass is 9.85. The number of para-hydroxylation sites is 1. The zero-order valence-electron chi connectivity index (χ0n) is 15.4. The summed E-state index contributed by atoms with van der Waals surface area (Å²) in [7, 11) is 1.59. The molecule has 0 saturated carbocycles. The third-order valence-electron chi connectivity index (χ3n) is 5.60. The topological polar surface area (TPSA) is 61.9 Å². The molecule has 2 aromatic carbocycles. The number of benzene rings is 2. The first kappa shape index (κ1) is 17.4. The molecule has 2 amide bonds. The van der Waals surface area contributed by atoms with E-state index in [0.717, 1.165) is 5.69 Å². The number of carbonyl (C=O) groups is 2. The SMILES string of the molecule is COc1cccc(C(=O)N2CCC3(CC2)C(=O)NCN3c2ccccc2)c1. The lowest BCUT2D eigenvalue weighted by Gasteiger charge is -2.43. The molecule has 1 N–H and O–H groups in total. The standard InChI is InChI=1S/C21H23N3O3/c1-27-18-9-5-6-16(14-18)19(25)23-12-10-21(11-13-23)20(26)22-15-24(21)17-7-3-2-4-8-17/h2-9,14H,10-13,15H2,1H3,(H,22,26). The zero-order valence-corrected chi connectivity index (χ0v) is 15.4. The average molecular weight is 365 g/mol. The summed E-state index contributed by atoms with van der Waals surface area (Å²) in [5.41, 5.74) is 1.07. The first-order chi connectivity index (χ1) is 13.1. The van der Waals surface area contributed by atoms with E-state index in [9.17, 15) is 9.59 Å². The van der Waals surface area contributed by atoms with Crippen molar-refractivity contribution in [2.24, 2.45) is 0 Å². The second-order valence-corrected chi connectivity index (χ2v) is 6.98. The van der Waals surface area contributed by atoms with Gasteiger partial charge in [-0.2, -0.15) is 0 Å². The van der Waals surface area contributed by atoms with Crippen molar-refractivity contribution in [2.75, 3.05) is 31.8 Å². The lowest BCUT2D eigenvalue weighted by molar-refractivity contribution is -0.124. The Morgan fingerprint density at radius 2 is 1.81 bits per heavy atom. The van der Waals surface area contributed by atoms with Crippen molar-refractivity contribution in [1.29, 1.82) is 0 Å². The van der Waals surface area contributed by atoms with Crippen LogP contribution in [0.4, 0.5) is 5.69 Å². The van der Waals surface area contributed by atoms with E-state index in [-0.39, 0.29) is 11.8 Å². The predicted octanol–water partition coefficient (Wildman–Crippen LogP) is 2.26. The zero-order chi connectivity index (χ0) is 18.9. The Morgan fingerprint density at radius 3 is 2.52 bits per heavy atom. The van der Waals surface area contributed by atoms with Crippen molar-refractivity contribution in [3.8, 4) is 5.75 Å². The molecule has 2 aliphatic rings. The van der Waals surface area contributed by atoms with Crippen molar-refractivity contribution in [2.45, 2.75) is 18.4 Å². The fraction of sp³-hybridized carbons (Fsp3) is 0.333. The van der Waals surface area contributed by atoms with Crippen LogP contribution in [-0.4, -0.2) is 49.1 Å². The second kappa shape index (κ2) is 6.95. The van der Waals surface area contributed by atoms with E-state index in [1.165, 1.54) is 0 Å². The smallest absolute Gasteiger partial charge is 0.253 e. The van der Waals surface area contributed by atoms with Crippen LogP contribution in [0.2, 0.25) is 0 Å². The van der Waals surface area contributed by atoms with E-state index >= 15 is 0 Å². The minimum absolute atomic E-state index is 0.0200. The largest absolute Gasteiger partial charge is 0.497 e. The molecular formula is C21H23N3O3. The molecular weight excluding hydrogens is 342 g/mol. The number of piperidine rings is 1. The maximum absolute atomic E-state index is 12.9. The molecule has 0 aliphatic carbocycles. The normalized spacial score (nSPS) is 18.5. The van der Waals surface area contributed by atoms with Gasteiger partial charge in [0.25, 0.3) is 5.91 Å². The minimum Gasteiger partial charge on any atom is -0.497 e. The molecule has 2 aliphatic heterocycles. The van der Waals surface area contributed by atoms with Crippen LogP contribution in [0.15, 0.2) is 54.6 Å². The van der Waals surface area contributed by atoms with E-state index in [0.29, 0.717) is 43.9 Å². The summed E-state index contributed by atoms with van der Waals surface area (Å²) in [6.07, 6.45) is 1.23. The van der Waals surface area contributed by atoms with Gasteiger partial charge in [0.15, 0.2) is 0 Å². The summed E-state index contributed by atoms with van der Waals surface area (Å²) in [5, 5.41) is 2.99. The number of carbonyl (C=O) groups excluding carboxylic acids is 2. The van der Waals surface area contributed by atoms with Crippen molar-refractivity contribution in [3.05, 3.63) is 60.2 Å². The van der Waals surface area contributed by atoms with Crippen LogP contribution >= 0.6 is 0 Å². The molecule has 0 radical (unpaired) electrons. The van der Waals surface area contributed by atoms with Gasteiger partial charge in [-0.3, -0.25) is 9.59 Å². The number of rotatable bonds is 3. The maximum Gasteiger partial charge on any atom is 0.253 e. The summed E-state index contributed by atoms with van der Waals surface area (Å²) < 4.78 is 5.22. The van der Waals surface area contributed by atoms with Gasteiger partial charge in [0.05, 0.1) is 13.8 Å². The molecule has 0 bridgehead atoms. The number of ether oxygens (including phenoxy) is 1. The number of likely N-dealkylation sites (tertiary alicyclic amines) is 1. The average Bonchev–Trinajstić information content (AvgIpc) is 3.04. The molecule has 0 aromatic heterocycles. The monoisotopic (exact) mass is 365 g/mol. The van der Waals surface area contributed by atoms with E-state index in [2.05, 4.69) is 10.2 Å². The Kier molecular flexibility index (Phi) is 4.48. The number of nitrogens with one attached hydrogen (secondary N) is 1. The molecule has 0 atom stereocenters. The van der Waals surface area contributed by atoms with E-state index in [4.69, 9.17) is 4.74 Å². The first-order valence-electron chi connectivity index (χ1n) is 9.18. The maximum atomic E-state index is 12.9. The summed E-state index contributed by atoms with van der Waals surface area (Å²) in [6, 6.07) is 17.2. The highest BCUT2D eigenvalue weighted by atomic mass is 16.5. The van der Waals surface area contributed by atoms with Crippen molar-refractivity contribution in [1.82, 2.24) is 10.2 Å². The van der Waals surface area contributed by atoms with E-state index in [1.54, 1.807) is 19.2 Å². The van der Waals surface area contributed by atoms with Crippen molar-refractivity contribution < 1.29 is 14.3 Å². The van der Waals surface area contributed by atoms with Gasteiger partial charge < -0.3 is 19.9 Å². The summed E-state index contributed by atoms with van der Waals surface area (Å²) in [4.78, 5) is 29.5. The molecule has 140 valence electrons. The van der Waals surface area contributed by atoms with Crippen LogP contribution in [0.3, 0.4) is 0 Å². The number of hydrogen-bond donors (Lipinski definition) is 1. The molecule has 6 heteroatoms. The molecule has 2 saturated heterocycles. The highest BCUT2D eigenvalue weighted by Crippen LogP contribution is 2.36. The molecule has 2 heterocycles. The van der Waals surface area contributed by atoms with Gasteiger partial charge in [0.2, 0.25) is 5.91 Å². The molecule has 6 nitrogen and oxygen atoms in total. The fourth-order valence-corrected chi connectivity index (χ4v) is 4.05. The Balaban J connectivity index is 1.51. The number of amides is 2. The highest BCUT2D eigenvalue weighted by Gasteiger charge is 2.50. The Bertz CT molecular complexity index is 845. The third-order valence-corrected chi connectivity index (χ3v) is 5.60. The number of nitrogens with zero attached hydrogens (tertiary/aromatic N) is 2. The fourth-order valence-electron chi connectivity index (χ4n) is 4.05. The Labute approximate surface area is 158 Å². The molecule has 2 aromatic rings. The van der Waals surface area contributed by atoms with Crippen LogP contribution in [0.5, 0.6) is 5.75 Å². The van der Waals surface area contributed by atoms with Gasteiger partial charge >= 0.3 is 0 Å². The van der Waals surface area contributed by atoms with Gasteiger partial charge in [0, 0.05) is 24.3 Å². The third kappa shape index (κ3) is 3.01. The number of anilines is 1. The van der Waals surface area contributed by atoms with Gasteiger partial charge in [-0.05, 0) is 43.2 Å². The lowest BCUT2D eigenvalue weighted by Crippen LogP contribution is -2.57. The summed E-state index contributed by atoms with van der Waals surface area (Å²) >= 11 is 0. The summed E-state index contributed by atoms with van der Waals surface area (Å²) in [5.74, 6) is 0.702. The number of methoxy groups -OCH3 is 1. The second-order valence-electron chi connectivity index (χ2n) is 6.98. The molecule has 27 heavy (non-hydrogen) atoms. The van der Waals surface area contributed by atoms with Crippen molar-refractivity contribution >= 4 is 17.5 Å². The van der Waals surface area contributed by atoms with Crippen molar-refractivity contribution in [3.63, 3.8) is 0 Å². The van der Waals surface area contributed by atoms with Gasteiger partial charge in [-0.1, -0.05) is 24.3 Å². The van der Waals surface area contributed by atoms with Crippen LogP contribution < -0.4 is 15.0 Å². The molecule has 0 unspecified atom stereocenters. The van der Waals surface area contributed by atoms with Crippen LogP contribution in [-0.2, 0) is 4.79 Å². The number of hydrogen-bond acceptors (Lipinski definition) is 4. The van der Waals surface area contributed by atoms with Crippen LogP contribution in [0, 0.1) is 0 Å². The van der Waals surface area contributed by atoms with Crippen LogP contribution in [0.25, 0.3) is 0 Å². The quantitative estimate of drug-likeness (QED) is 0.906. The van der Waals surface area contributed by atoms with E-state index < -0.39 is 5.54 Å².